The van der Waals surface area contributed by atoms with Crippen LogP contribution in [0.25, 0.3) is 23.1 Å². The second-order valence-corrected chi connectivity index (χ2v) is 6.11. The number of ether oxygens (including phenoxy) is 1. The Balaban J connectivity index is 1.85. The van der Waals surface area contributed by atoms with Gasteiger partial charge in [0.2, 0.25) is 0 Å². The van der Waals surface area contributed by atoms with Crippen molar-refractivity contribution in [1.82, 2.24) is 4.98 Å². The minimum Gasteiger partial charge on any atom is -0.503 e. The molecule has 0 radical (unpaired) electrons. The minimum absolute atomic E-state index is 0.110. The fraction of sp³-hybridized carbons (Fsp3) is 0.0909. The van der Waals surface area contributed by atoms with Gasteiger partial charge in [-0.2, -0.15) is 0 Å². The number of benzene rings is 2. The van der Waals surface area contributed by atoms with Crippen molar-refractivity contribution in [3.63, 3.8) is 0 Å². The maximum absolute atomic E-state index is 10.8. The third-order valence-corrected chi connectivity index (χ3v) is 4.08. The third-order valence-electron chi connectivity index (χ3n) is 4.08. The summed E-state index contributed by atoms with van der Waals surface area (Å²) in [5.41, 5.74) is 3.16. The van der Waals surface area contributed by atoms with Gasteiger partial charge in [0, 0.05) is 25.2 Å². The summed E-state index contributed by atoms with van der Waals surface area (Å²) < 4.78 is 4.97. The Morgan fingerprint density at radius 1 is 1.00 bits per heavy atom. The predicted molar refractivity (Wildman–Crippen MR) is 109 cm³/mol. The standard InChI is InChI=1S/C22H20N2O3/c1-24(2)17-13-11-16(12-14-17)7-3-5-10-20-21(26)22(27-15-25)18-8-4-6-9-19(18)23-20/h3-15,26H,1-2H3. The third kappa shape index (κ3) is 4.15. The summed E-state index contributed by atoms with van der Waals surface area (Å²) in [5.74, 6) is -0.0562. The molecular weight excluding hydrogens is 340 g/mol. The van der Waals surface area contributed by atoms with Crippen molar-refractivity contribution in [2.75, 3.05) is 19.0 Å². The fourth-order valence-corrected chi connectivity index (χ4v) is 2.67. The van der Waals surface area contributed by atoms with Crippen molar-refractivity contribution < 1.29 is 14.6 Å². The summed E-state index contributed by atoms with van der Waals surface area (Å²) in [5, 5.41) is 11.0. The highest BCUT2D eigenvalue weighted by molar-refractivity contribution is 5.90. The first kappa shape index (κ1) is 18.2. The van der Waals surface area contributed by atoms with Gasteiger partial charge in [0.25, 0.3) is 6.47 Å². The lowest BCUT2D eigenvalue weighted by molar-refractivity contribution is -0.120. The molecule has 3 rings (SSSR count). The van der Waals surface area contributed by atoms with E-state index in [1.54, 1.807) is 30.4 Å². The van der Waals surface area contributed by atoms with Crippen molar-refractivity contribution in [3.8, 4) is 11.5 Å². The van der Waals surface area contributed by atoms with Gasteiger partial charge in [-0.15, -0.1) is 0 Å². The molecule has 1 N–H and O–H groups in total. The largest absolute Gasteiger partial charge is 0.503 e. The Kier molecular flexibility index (Phi) is 5.52. The van der Waals surface area contributed by atoms with Crippen molar-refractivity contribution in [2.24, 2.45) is 0 Å². The number of carbonyl (C=O) groups is 1. The first-order chi connectivity index (χ1) is 13.1. The second-order valence-electron chi connectivity index (χ2n) is 6.11. The van der Waals surface area contributed by atoms with Gasteiger partial charge in [0.1, 0.15) is 5.69 Å². The molecule has 5 heteroatoms. The fourth-order valence-electron chi connectivity index (χ4n) is 2.67. The van der Waals surface area contributed by atoms with Crippen LogP contribution in [0.2, 0.25) is 0 Å². The number of aromatic nitrogens is 1. The molecule has 136 valence electrons. The Labute approximate surface area is 157 Å². The monoisotopic (exact) mass is 360 g/mol. The molecule has 0 saturated heterocycles. The molecular formula is C22H20N2O3. The first-order valence-corrected chi connectivity index (χ1v) is 8.44. The van der Waals surface area contributed by atoms with Crippen LogP contribution in [0.1, 0.15) is 11.3 Å². The van der Waals surface area contributed by atoms with E-state index in [-0.39, 0.29) is 11.5 Å². The Morgan fingerprint density at radius 3 is 2.41 bits per heavy atom. The second kappa shape index (κ2) is 8.19. The molecule has 0 saturated carbocycles. The minimum atomic E-state index is -0.166. The van der Waals surface area contributed by atoms with E-state index in [1.807, 2.05) is 61.5 Å². The van der Waals surface area contributed by atoms with E-state index in [1.165, 1.54) is 0 Å². The molecule has 0 spiro atoms. The van der Waals surface area contributed by atoms with E-state index < -0.39 is 0 Å². The molecule has 3 aromatic rings. The maximum Gasteiger partial charge on any atom is 0.298 e. The molecule has 0 fully saturated rings. The van der Waals surface area contributed by atoms with Crippen LogP contribution in [-0.4, -0.2) is 30.7 Å². The molecule has 5 nitrogen and oxygen atoms in total. The molecule has 0 atom stereocenters. The van der Waals surface area contributed by atoms with Crippen LogP contribution in [0.5, 0.6) is 11.5 Å². The zero-order valence-electron chi connectivity index (χ0n) is 15.2. The van der Waals surface area contributed by atoms with E-state index in [0.717, 1.165) is 11.3 Å². The van der Waals surface area contributed by atoms with Crippen molar-refractivity contribution in [2.45, 2.75) is 0 Å². The van der Waals surface area contributed by atoms with Crippen LogP contribution in [0.3, 0.4) is 0 Å². The van der Waals surface area contributed by atoms with Crippen LogP contribution >= 0.6 is 0 Å². The van der Waals surface area contributed by atoms with Crippen molar-refractivity contribution >= 4 is 35.2 Å². The van der Waals surface area contributed by atoms with Gasteiger partial charge in [0.05, 0.1) is 5.52 Å². The summed E-state index contributed by atoms with van der Waals surface area (Å²) >= 11 is 0. The van der Waals surface area contributed by atoms with Crippen LogP contribution in [0, 0.1) is 0 Å². The van der Waals surface area contributed by atoms with Crippen LogP contribution in [0.15, 0.2) is 60.7 Å². The Morgan fingerprint density at radius 2 is 1.70 bits per heavy atom. The smallest absolute Gasteiger partial charge is 0.298 e. The van der Waals surface area contributed by atoms with E-state index in [2.05, 4.69) is 4.98 Å². The number of pyridine rings is 1. The number of allylic oxidation sites excluding steroid dienone is 2. The molecule has 2 aromatic carbocycles. The molecule has 0 aliphatic heterocycles. The first-order valence-electron chi connectivity index (χ1n) is 8.44. The van der Waals surface area contributed by atoms with E-state index >= 15 is 0 Å². The van der Waals surface area contributed by atoms with Gasteiger partial charge in [-0.05, 0) is 35.9 Å². The Bertz CT molecular complexity index is 1010. The van der Waals surface area contributed by atoms with E-state index in [4.69, 9.17) is 4.74 Å². The Hall–Kier alpha value is -3.60. The highest BCUT2D eigenvalue weighted by Crippen LogP contribution is 2.36. The normalized spacial score (nSPS) is 11.3. The zero-order valence-corrected chi connectivity index (χ0v) is 15.2. The molecule has 0 unspecified atom stereocenters. The summed E-state index contributed by atoms with van der Waals surface area (Å²) in [6, 6.07) is 15.3. The summed E-state index contributed by atoms with van der Waals surface area (Å²) in [7, 11) is 4.00. The summed E-state index contributed by atoms with van der Waals surface area (Å²) in [6.45, 7) is 0.298. The molecule has 0 bridgehead atoms. The SMILES string of the molecule is CN(C)c1ccc(C=CC=Cc2nc3ccccc3c(OC=O)c2O)cc1. The highest BCUT2D eigenvalue weighted by atomic mass is 16.5. The maximum atomic E-state index is 10.8. The molecule has 1 heterocycles. The average Bonchev–Trinajstić information content (AvgIpc) is 2.68. The number of hydrogen-bond donors (Lipinski definition) is 1. The van der Waals surface area contributed by atoms with Crippen LogP contribution < -0.4 is 9.64 Å². The van der Waals surface area contributed by atoms with Gasteiger partial charge < -0.3 is 14.7 Å². The number of para-hydroxylation sites is 1. The number of rotatable bonds is 6. The van der Waals surface area contributed by atoms with Gasteiger partial charge in [-0.1, -0.05) is 42.5 Å². The summed E-state index contributed by atoms with van der Waals surface area (Å²) in [6.07, 6.45) is 7.27. The molecule has 1 aromatic heterocycles. The van der Waals surface area contributed by atoms with E-state index in [9.17, 15) is 9.90 Å². The molecule has 0 amide bonds. The lowest BCUT2D eigenvalue weighted by atomic mass is 10.1. The quantitative estimate of drug-likeness (QED) is 0.525. The number of carbonyl (C=O) groups excluding carboxylic acids is 1. The van der Waals surface area contributed by atoms with Crippen LogP contribution in [0.4, 0.5) is 5.69 Å². The summed E-state index contributed by atoms with van der Waals surface area (Å²) in [4.78, 5) is 17.2. The average molecular weight is 360 g/mol. The van der Waals surface area contributed by atoms with Gasteiger partial charge in [0.15, 0.2) is 11.5 Å². The highest BCUT2D eigenvalue weighted by Gasteiger charge is 2.13. The lowest BCUT2D eigenvalue weighted by Gasteiger charge is -2.11. The number of fused-ring (bicyclic) bond motifs is 1. The molecule has 27 heavy (non-hydrogen) atoms. The van der Waals surface area contributed by atoms with Crippen LogP contribution in [-0.2, 0) is 4.79 Å². The predicted octanol–water partition coefficient (Wildman–Crippen LogP) is 4.27. The number of hydrogen-bond acceptors (Lipinski definition) is 5. The zero-order chi connectivity index (χ0) is 19.2. The van der Waals surface area contributed by atoms with Gasteiger partial charge >= 0.3 is 0 Å². The van der Waals surface area contributed by atoms with E-state index in [0.29, 0.717) is 23.1 Å². The van der Waals surface area contributed by atoms with Crippen molar-refractivity contribution in [1.29, 1.82) is 0 Å². The number of nitrogens with zero attached hydrogens (tertiary/aromatic N) is 2. The lowest BCUT2D eigenvalue weighted by Crippen LogP contribution is -2.07. The number of anilines is 1. The van der Waals surface area contributed by atoms with Crippen molar-refractivity contribution in [3.05, 3.63) is 71.9 Å². The van der Waals surface area contributed by atoms with Gasteiger partial charge in [-0.25, -0.2) is 4.98 Å². The molecule has 0 aliphatic carbocycles. The number of aromatic hydroxyl groups is 1. The van der Waals surface area contributed by atoms with Gasteiger partial charge in [-0.3, -0.25) is 4.79 Å². The molecule has 0 aliphatic rings. The topological polar surface area (TPSA) is 62.7 Å².